The minimum Gasteiger partial charge on any atom is -0.270 e. The van der Waals surface area contributed by atoms with E-state index in [-0.39, 0.29) is 0 Å². The molecule has 1 aromatic carbocycles. The molecular weight excluding hydrogens is 198 g/mol. The maximum Gasteiger partial charge on any atom is 0.130 e. The Hall–Kier alpha value is -1.62. The third-order valence-electron chi connectivity index (χ3n) is 1.65. The van der Waals surface area contributed by atoms with Crippen LogP contribution in [-0.2, 0) is 9.73 Å². The average molecular weight is 207 g/mol. The summed E-state index contributed by atoms with van der Waals surface area (Å²) in [4.78, 5) is 3.73. The summed E-state index contributed by atoms with van der Waals surface area (Å²) >= 11 is 0. The second-order valence-electron chi connectivity index (χ2n) is 2.72. The number of para-hydroxylation sites is 1. The smallest absolute Gasteiger partial charge is 0.130 e. The zero-order valence-electron chi connectivity index (χ0n) is 7.33. The largest absolute Gasteiger partial charge is 0.270 e. The number of benzene rings is 1. The van der Waals surface area contributed by atoms with Gasteiger partial charge in [-0.15, -0.1) is 4.47 Å². The molecule has 0 saturated carbocycles. The van der Waals surface area contributed by atoms with Crippen LogP contribution in [0, 0.1) is 0 Å². The van der Waals surface area contributed by atoms with Gasteiger partial charge in [-0.1, -0.05) is 18.2 Å². The Balaban J connectivity index is 2.19. The first-order chi connectivity index (χ1) is 6.79. The van der Waals surface area contributed by atoms with Gasteiger partial charge in [0.05, 0.1) is 5.69 Å². The van der Waals surface area contributed by atoms with Gasteiger partial charge in [0, 0.05) is 11.6 Å². The second-order valence-corrected chi connectivity index (χ2v) is 4.62. The normalized spacial score (nSPS) is 23.7. The molecule has 0 fully saturated rings. The fraction of sp³-hybridized carbons (Fsp3) is 0. The fourth-order valence-electron chi connectivity index (χ4n) is 0.971. The van der Waals surface area contributed by atoms with Crippen LogP contribution in [-0.4, -0.2) is 9.76 Å². The number of nitrogens with zero attached hydrogens (tertiary/aromatic N) is 2. The third kappa shape index (κ3) is 2.00. The summed E-state index contributed by atoms with van der Waals surface area (Å²) in [7, 11) is -2.41. The van der Waals surface area contributed by atoms with E-state index in [4.69, 9.17) is 0 Å². The molecule has 1 aromatic rings. The number of hydrogen-bond donors (Lipinski definition) is 1. The van der Waals surface area contributed by atoms with Crippen molar-refractivity contribution in [3.05, 3.63) is 41.9 Å². The molecule has 1 unspecified atom stereocenters. The number of anilines is 1. The Morgan fingerprint density at radius 2 is 2.07 bits per heavy atom. The third-order valence-corrected chi connectivity index (χ3v) is 2.96. The van der Waals surface area contributed by atoms with Crippen LogP contribution < -0.4 is 5.43 Å². The molecule has 0 bridgehead atoms. The Morgan fingerprint density at radius 1 is 1.29 bits per heavy atom. The van der Waals surface area contributed by atoms with Crippen molar-refractivity contribution in [2.45, 2.75) is 0 Å². The summed E-state index contributed by atoms with van der Waals surface area (Å²) < 4.78 is 15.6. The molecule has 0 spiro atoms. The maximum atomic E-state index is 11.7. The van der Waals surface area contributed by atoms with Crippen molar-refractivity contribution < 1.29 is 4.21 Å². The van der Waals surface area contributed by atoms with Gasteiger partial charge in [0.15, 0.2) is 0 Å². The van der Waals surface area contributed by atoms with Crippen molar-refractivity contribution in [1.82, 2.24) is 0 Å². The Kier molecular flexibility index (Phi) is 2.32. The van der Waals surface area contributed by atoms with Crippen molar-refractivity contribution >= 4 is 21.0 Å². The second kappa shape index (κ2) is 3.63. The molecule has 1 atom stereocenters. The van der Waals surface area contributed by atoms with E-state index in [9.17, 15) is 4.21 Å². The van der Waals surface area contributed by atoms with E-state index >= 15 is 0 Å². The van der Waals surface area contributed by atoms with Crippen LogP contribution in [0.15, 0.2) is 51.4 Å². The first-order valence-corrected chi connectivity index (χ1v) is 5.70. The molecule has 0 aromatic heterocycles. The van der Waals surface area contributed by atoms with Gasteiger partial charge in [-0.25, -0.2) is 4.21 Å². The molecule has 0 aliphatic carbocycles. The number of aliphatic imine (C=N–C) groups is 1. The molecule has 0 saturated heterocycles. The predicted octanol–water partition coefficient (Wildman–Crippen LogP) is 1.99. The lowest BCUT2D eigenvalue weighted by Gasteiger charge is -1.99. The molecule has 0 radical (unpaired) electrons. The van der Waals surface area contributed by atoms with E-state index in [0.29, 0.717) is 0 Å². The molecule has 0 amide bonds. The van der Waals surface area contributed by atoms with Crippen molar-refractivity contribution in [3.63, 3.8) is 0 Å². The average Bonchev–Trinajstić information content (AvgIpc) is 2.65. The summed E-state index contributed by atoms with van der Waals surface area (Å²) in [6, 6.07) is 9.36. The molecular formula is C9H9N3OS. The van der Waals surface area contributed by atoms with Gasteiger partial charge >= 0.3 is 0 Å². The molecule has 1 N–H and O–H groups in total. The first kappa shape index (κ1) is 8.96. The van der Waals surface area contributed by atoms with E-state index in [1.807, 2.05) is 30.3 Å². The topological polar surface area (TPSA) is 53.8 Å². The van der Waals surface area contributed by atoms with E-state index < -0.39 is 9.73 Å². The highest BCUT2D eigenvalue weighted by Gasteiger charge is 2.03. The summed E-state index contributed by atoms with van der Waals surface area (Å²) in [6.07, 6.45) is 1.48. The summed E-state index contributed by atoms with van der Waals surface area (Å²) in [6.45, 7) is 0. The molecule has 1 aliphatic heterocycles. The summed E-state index contributed by atoms with van der Waals surface area (Å²) in [5.41, 5.74) is 4.88. The standard InChI is InChI=1S/C9H9N3OS/c13-14(7-6-10-8-14)12-11-9-4-2-1-3-5-9/h1-8,11H. The van der Waals surface area contributed by atoms with Crippen molar-refractivity contribution in [2.75, 3.05) is 5.43 Å². The van der Waals surface area contributed by atoms with E-state index in [1.165, 1.54) is 17.2 Å². The molecule has 72 valence electrons. The van der Waals surface area contributed by atoms with Gasteiger partial charge in [-0.3, -0.25) is 10.4 Å². The highest BCUT2D eigenvalue weighted by molar-refractivity contribution is 8.09. The molecule has 2 rings (SSSR count). The van der Waals surface area contributed by atoms with Crippen LogP contribution in [0.1, 0.15) is 0 Å². The summed E-state index contributed by atoms with van der Waals surface area (Å²) in [5.74, 6) is 0. The lowest BCUT2D eigenvalue weighted by molar-refractivity contribution is 0.689. The van der Waals surface area contributed by atoms with Gasteiger partial charge in [0.1, 0.15) is 15.3 Å². The lowest BCUT2D eigenvalue weighted by atomic mass is 10.3. The Bertz CT molecular complexity index is 466. The molecule has 1 aliphatic rings. The Labute approximate surface area is 82.5 Å². The van der Waals surface area contributed by atoms with Crippen LogP contribution in [0.25, 0.3) is 0 Å². The number of rotatable bonds is 2. The highest BCUT2D eigenvalue weighted by Crippen LogP contribution is 2.08. The molecule has 4 nitrogen and oxygen atoms in total. The summed E-state index contributed by atoms with van der Waals surface area (Å²) in [5, 5.41) is 1.48. The monoisotopic (exact) mass is 207 g/mol. The van der Waals surface area contributed by atoms with E-state index in [0.717, 1.165) is 5.69 Å². The van der Waals surface area contributed by atoms with Gasteiger partial charge in [-0.05, 0) is 12.1 Å². The van der Waals surface area contributed by atoms with E-state index in [1.54, 1.807) is 0 Å². The minimum atomic E-state index is -2.41. The predicted molar refractivity (Wildman–Crippen MR) is 58.3 cm³/mol. The zero-order valence-corrected chi connectivity index (χ0v) is 8.15. The van der Waals surface area contributed by atoms with Crippen LogP contribution >= 0.6 is 0 Å². The highest BCUT2D eigenvalue weighted by atomic mass is 32.2. The number of hydrogen-bond acceptors (Lipinski definition) is 3. The van der Waals surface area contributed by atoms with Gasteiger partial charge in [-0.2, -0.15) is 0 Å². The van der Waals surface area contributed by atoms with Crippen LogP contribution in [0.3, 0.4) is 0 Å². The van der Waals surface area contributed by atoms with Gasteiger partial charge < -0.3 is 0 Å². The zero-order chi connectivity index (χ0) is 9.86. The molecule has 1 heterocycles. The quantitative estimate of drug-likeness (QED) is 0.754. The van der Waals surface area contributed by atoms with Crippen LogP contribution in [0.4, 0.5) is 5.69 Å². The lowest BCUT2D eigenvalue weighted by Crippen LogP contribution is -1.97. The van der Waals surface area contributed by atoms with E-state index in [2.05, 4.69) is 14.9 Å². The SMILES string of the molecule is O=S1(=NNc2ccccc2)C=CN=C1. The van der Waals surface area contributed by atoms with Crippen LogP contribution in [0.5, 0.6) is 0 Å². The van der Waals surface area contributed by atoms with Crippen molar-refractivity contribution in [1.29, 1.82) is 0 Å². The Morgan fingerprint density at radius 3 is 2.71 bits per heavy atom. The fourth-order valence-corrected chi connectivity index (χ4v) is 1.89. The molecule has 14 heavy (non-hydrogen) atoms. The molecule has 5 heteroatoms. The maximum absolute atomic E-state index is 11.7. The van der Waals surface area contributed by atoms with Gasteiger partial charge in [0.2, 0.25) is 0 Å². The first-order valence-electron chi connectivity index (χ1n) is 4.05. The van der Waals surface area contributed by atoms with Crippen molar-refractivity contribution in [2.24, 2.45) is 9.46 Å². The van der Waals surface area contributed by atoms with Crippen LogP contribution in [0.2, 0.25) is 0 Å². The van der Waals surface area contributed by atoms with Gasteiger partial charge in [0.25, 0.3) is 0 Å². The van der Waals surface area contributed by atoms with Crippen molar-refractivity contribution in [3.8, 4) is 0 Å². The minimum absolute atomic E-state index is 0.809. The number of nitrogens with one attached hydrogen (secondary N) is 1.